The third kappa shape index (κ3) is 3.85. The van der Waals surface area contributed by atoms with E-state index in [4.69, 9.17) is 9.47 Å². The zero-order valence-corrected chi connectivity index (χ0v) is 14.9. The molecule has 0 radical (unpaired) electrons. The Bertz CT molecular complexity index is 697. The molecule has 0 unspecified atom stereocenters. The topological polar surface area (TPSA) is 51.7 Å². The molecule has 5 nitrogen and oxygen atoms in total. The molecule has 132 valence electrons. The number of carbonyl (C=O) groups excluding carboxylic acids is 1. The van der Waals surface area contributed by atoms with Gasteiger partial charge >= 0.3 is 0 Å². The molecule has 0 N–H and O–H groups in total. The molecular weight excluding hydrogens is 336 g/mol. The maximum atomic E-state index is 12.4. The van der Waals surface area contributed by atoms with Gasteiger partial charge in [0, 0.05) is 36.7 Å². The summed E-state index contributed by atoms with van der Waals surface area (Å²) >= 11 is 1.64. The van der Waals surface area contributed by atoms with Gasteiger partial charge in [-0.15, -0.1) is 11.3 Å². The Morgan fingerprint density at radius 1 is 1.32 bits per heavy atom. The van der Waals surface area contributed by atoms with E-state index in [9.17, 15) is 4.79 Å². The molecule has 0 aliphatic carbocycles. The van der Waals surface area contributed by atoms with Crippen molar-refractivity contribution >= 4 is 17.2 Å². The molecule has 0 saturated carbocycles. The summed E-state index contributed by atoms with van der Waals surface area (Å²) in [5, 5.41) is 2.02. The van der Waals surface area contributed by atoms with Crippen LogP contribution < -0.4 is 4.74 Å². The Hall–Kier alpha value is -1.92. The van der Waals surface area contributed by atoms with Crippen molar-refractivity contribution < 1.29 is 14.3 Å². The second kappa shape index (κ2) is 7.14. The average molecular weight is 358 g/mol. The lowest BCUT2D eigenvalue weighted by Gasteiger charge is -2.38. The summed E-state index contributed by atoms with van der Waals surface area (Å²) in [5.41, 5.74) is -0.140. The van der Waals surface area contributed by atoms with Crippen LogP contribution in [0.25, 0.3) is 0 Å². The van der Waals surface area contributed by atoms with Crippen LogP contribution in [0.5, 0.6) is 5.88 Å². The number of ether oxygens (including phenoxy) is 2. The molecule has 2 saturated heterocycles. The van der Waals surface area contributed by atoms with Crippen molar-refractivity contribution in [1.82, 2.24) is 9.88 Å². The van der Waals surface area contributed by atoms with Crippen molar-refractivity contribution in [3.05, 3.63) is 46.8 Å². The Kier molecular flexibility index (Phi) is 4.72. The summed E-state index contributed by atoms with van der Waals surface area (Å²) in [4.78, 5) is 19.8. The number of pyridine rings is 1. The van der Waals surface area contributed by atoms with Crippen LogP contribution in [0, 0.1) is 0 Å². The zero-order chi connectivity index (χ0) is 17.1. The van der Waals surface area contributed by atoms with Crippen LogP contribution in [0.4, 0.5) is 0 Å². The van der Waals surface area contributed by atoms with Crippen LogP contribution in [-0.4, -0.2) is 47.2 Å². The van der Waals surface area contributed by atoms with Crippen LogP contribution in [0.15, 0.2) is 41.9 Å². The van der Waals surface area contributed by atoms with E-state index in [0.29, 0.717) is 18.9 Å². The van der Waals surface area contributed by atoms with Crippen LogP contribution in [-0.2, 0) is 16.0 Å². The van der Waals surface area contributed by atoms with Gasteiger partial charge in [-0.25, -0.2) is 4.98 Å². The Labute approximate surface area is 151 Å². The van der Waals surface area contributed by atoms with Crippen LogP contribution in [0.3, 0.4) is 0 Å². The summed E-state index contributed by atoms with van der Waals surface area (Å²) in [6.07, 6.45) is 4.92. The fraction of sp³-hybridized carbons (Fsp3) is 0.474. The van der Waals surface area contributed by atoms with Crippen molar-refractivity contribution in [1.29, 1.82) is 0 Å². The smallest absolute Gasteiger partial charge is 0.227 e. The third-order valence-electron chi connectivity index (χ3n) is 5.03. The van der Waals surface area contributed by atoms with E-state index in [1.54, 1.807) is 17.5 Å². The van der Waals surface area contributed by atoms with Gasteiger partial charge < -0.3 is 14.4 Å². The van der Waals surface area contributed by atoms with E-state index in [0.717, 1.165) is 37.2 Å². The lowest BCUT2D eigenvalue weighted by Crippen LogP contribution is -2.47. The Morgan fingerprint density at radius 3 is 2.92 bits per heavy atom. The maximum Gasteiger partial charge on any atom is 0.227 e. The largest absolute Gasteiger partial charge is 0.472 e. The van der Waals surface area contributed by atoms with Gasteiger partial charge in [-0.1, -0.05) is 12.1 Å². The second-order valence-corrected chi connectivity index (χ2v) is 7.78. The highest BCUT2D eigenvalue weighted by molar-refractivity contribution is 7.10. The molecule has 1 amide bonds. The van der Waals surface area contributed by atoms with Crippen LogP contribution in [0.1, 0.15) is 24.1 Å². The average Bonchev–Trinajstić information content (AvgIpc) is 3.27. The van der Waals surface area contributed by atoms with E-state index in [1.807, 2.05) is 40.6 Å². The number of aromatic nitrogens is 1. The molecule has 2 aromatic rings. The molecule has 2 aliphatic rings. The number of likely N-dealkylation sites (tertiary alicyclic amines) is 1. The SMILES string of the molecule is O=C(Cc1cccs1)N1CCC2(CC1)C[C@@H](Oc1ccccn1)CO2. The lowest BCUT2D eigenvalue weighted by atomic mass is 9.88. The van der Waals surface area contributed by atoms with E-state index in [2.05, 4.69) is 4.98 Å². The minimum absolute atomic E-state index is 0.0447. The summed E-state index contributed by atoms with van der Waals surface area (Å²) < 4.78 is 12.0. The van der Waals surface area contributed by atoms with Crippen molar-refractivity contribution in [3.8, 4) is 5.88 Å². The van der Waals surface area contributed by atoms with Gasteiger partial charge in [0.2, 0.25) is 11.8 Å². The van der Waals surface area contributed by atoms with E-state index >= 15 is 0 Å². The van der Waals surface area contributed by atoms with Gasteiger partial charge in [-0.2, -0.15) is 0 Å². The molecule has 2 aromatic heterocycles. The van der Waals surface area contributed by atoms with Crippen LogP contribution >= 0.6 is 11.3 Å². The predicted octanol–water partition coefficient (Wildman–Crippen LogP) is 2.91. The lowest BCUT2D eigenvalue weighted by molar-refractivity contribution is -0.135. The maximum absolute atomic E-state index is 12.4. The molecular formula is C19H22N2O3S. The first kappa shape index (κ1) is 16.5. The summed E-state index contributed by atoms with van der Waals surface area (Å²) in [7, 11) is 0. The molecule has 6 heteroatoms. The highest BCUT2D eigenvalue weighted by Gasteiger charge is 2.44. The first-order valence-corrected chi connectivity index (χ1v) is 9.62. The highest BCUT2D eigenvalue weighted by Crippen LogP contribution is 2.37. The number of hydrogen-bond acceptors (Lipinski definition) is 5. The van der Waals surface area contributed by atoms with Gasteiger partial charge in [0.1, 0.15) is 6.10 Å². The third-order valence-corrected chi connectivity index (χ3v) is 5.91. The van der Waals surface area contributed by atoms with Gasteiger partial charge in [-0.3, -0.25) is 4.79 Å². The van der Waals surface area contributed by atoms with Gasteiger partial charge in [0.15, 0.2) is 0 Å². The number of thiophene rings is 1. The molecule has 0 aromatic carbocycles. The normalized spacial score (nSPS) is 22.2. The Balaban J connectivity index is 1.29. The van der Waals surface area contributed by atoms with Crippen molar-refractivity contribution in [2.45, 2.75) is 37.4 Å². The summed E-state index contributed by atoms with van der Waals surface area (Å²) in [6, 6.07) is 9.69. The number of carbonyl (C=O) groups is 1. The molecule has 2 fully saturated rings. The monoisotopic (exact) mass is 358 g/mol. The fourth-order valence-electron chi connectivity index (χ4n) is 3.65. The number of rotatable bonds is 4. The molecule has 0 bridgehead atoms. The van der Waals surface area contributed by atoms with E-state index in [1.165, 1.54) is 0 Å². The first-order valence-electron chi connectivity index (χ1n) is 8.74. The molecule has 1 spiro atoms. The van der Waals surface area contributed by atoms with Crippen LogP contribution in [0.2, 0.25) is 0 Å². The summed E-state index contributed by atoms with van der Waals surface area (Å²) in [6.45, 7) is 2.13. The number of nitrogens with zero attached hydrogens (tertiary/aromatic N) is 2. The van der Waals surface area contributed by atoms with Crippen molar-refractivity contribution in [3.63, 3.8) is 0 Å². The standard InChI is InChI=1S/C19H22N2O3S/c22-18(12-16-4-3-11-25-16)21-9-6-19(7-10-21)13-15(14-23-19)24-17-5-1-2-8-20-17/h1-5,8,11,15H,6-7,9-10,12-14H2/t15-/m1/s1. The van der Waals surface area contributed by atoms with Gasteiger partial charge in [-0.05, 0) is 30.4 Å². The number of hydrogen-bond donors (Lipinski definition) is 0. The molecule has 4 rings (SSSR count). The molecule has 2 aliphatic heterocycles. The predicted molar refractivity (Wildman–Crippen MR) is 95.8 cm³/mol. The Morgan fingerprint density at radius 2 is 2.20 bits per heavy atom. The van der Waals surface area contributed by atoms with Crippen molar-refractivity contribution in [2.24, 2.45) is 0 Å². The highest BCUT2D eigenvalue weighted by atomic mass is 32.1. The number of amides is 1. The first-order chi connectivity index (χ1) is 12.2. The van der Waals surface area contributed by atoms with Gasteiger partial charge in [0.25, 0.3) is 0 Å². The molecule has 25 heavy (non-hydrogen) atoms. The molecule has 1 atom stereocenters. The second-order valence-electron chi connectivity index (χ2n) is 6.74. The minimum Gasteiger partial charge on any atom is -0.472 e. The zero-order valence-electron chi connectivity index (χ0n) is 14.1. The summed E-state index contributed by atoms with van der Waals surface area (Å²) in [5.74, 6) is 0.869. The van der Waals surface area contributed by atoms with E-state index < -0.39 is 0 Å². The van der Waals surface area contributed by atoms with Gasteiger partial charge in [0.05, 0.1) is 18.6 Å². The van der Waals surface area contributed by atoms with E-state index in [-0.39, 0.29) is 17.6 Å². The molecule has 4 heterocycles. The number of piperidine rings is 1. The van der Waals surface area contributed by atoms with Crippen molar-refractivity contribution in [2.75, 3.05) is 19.7 Å². The minimum atomic E-state index is -0.140. The fourth-order valence-corrected chi connectivity index (χ4v) is 4.35. The quantitative estimate of drug-likeness (QED) is 0.843.